The molecular weight excluding hydrogens is 490 g/mol. The van der Waals surface area contributed by atoms with Crippen LogP contribution in [0.1, 0.15) is 49.1 Å². The summed E-state index contributed by atoms with van der Waals surface area (Å²) in [5.41, 5.74) is 2.32. The van der Waals surface area contributed by atoms with Crippen LogP contribution in [0.15, 0.2) is 72.3 Å². The van der Waals surface area contributed by atoms with Crippen LogP contribution in [0.5, 0.6) is 11.5 Å². The van der Waals surface area contributed by atoms with Gasteiger partial charge in [-0.05, 0) is 57.5 Å². The van der Waals surface area contributed by atoms with Crippen molar-refractivity contribution in [1.82, 2.24) is 4.90 Å². The van der Waals surface area contributed by atoms with E-state index in [0.29, 0.717) is 22.1 Å². The van der Waals surface area contributed by atoms with Gasteiger partial charge >= 0.3 is 0 Å². The largest absolute Gasteiger partial charge is 0.507 e. The summed E-state index contributed by atoms with van der Waals surface area (Å²) < 4.78 is 11.4. The Morgan fingerprint density at radius 3 is 2.41 bits per heavy atom. The Kier molecular flexibility index (Phi) is 7.32. The predicted molar refractivity (Wildman–Crippen MR) is 144 cm³/mol. The van der Waals surface area contributed by atoms with Gasteiger partial charge in [-0.1, -0.05) is 59.6 Å². The van der Waals surface area contributed by atoms with E-state index in [1.165, 1.54) is 12.0 Å². The molecule has 0 saturated carbocycles. The number of rotatable bonds is 6. The molecule has 1 heterocycles. The molecule has 0 aromatic heterocycles. The van der Waals surface area contributed by atoms with Crippen molar-refractivity contribution < 1.29 is 24.2 Å². The van der Waals surface area contributed by atoms with Crippen molar-refractivity contribution in [2.24, 2.45) is 0 Å². The zero-order valence-electron chi connectivity index (χ0n) is 21.5. The second-order valence-electron chi connectivity index (χ2n) is 10.0. The van der Waals surface area contributed by atoms with Crippen molar-refractivity contribution in [3.8, 4) is 11.5 Å². The first-order chi connectivity index (χ1) is 17.5. The number of ketones is 1. The molecule has 7 heteroatoms. The van der Waals surface area contributed by atoms with Gasteiger partial charge in [0.05, 0.1) is 30.3 Å². The summed E-state index contributed by atoms with van der Waals surface area (Å²) in [7, 11) is 1.47. The Morgan fingerprint density at radius 2 is 1.73 bits per heavy atom. The van der Waals surface area contributed by atoms with Gasteiger partial charge < -0.3 is 19.5 Å². The molecule has 1 unspecified atom stereocenters. The number of nitrogens with zero attached hydrogens (tertiary/aromatic N) is 1. The Morgan fingerprint density at radius 1 is 1.00 bits per heavy atom. The number of aliphatic hydroxyl groups excluding tert-OH is 1. The Hall–Kier alpha value is -3.77. The fraction of sp³-hybridized carbons (Fsp3) is 0.267. The monoisotopic (exact) mass is 519 g/mol. The number of carbonyl (C=O) groups is 2. The average molecular weight is 520 g/mol. The number of aryl methyl sites for hydroxylation is 1. The molecule has 1 atom stereocenters. The van der Waals surface area contributed by atoms with Gasteiger partial charge in [0.2, 0.25) is 0 Å². The Labute approximate surface area is 222 Å². The van der Waals surface area contributed by atoms with E-state index < -0.39 is 23.3 Å². The topological polar surface area (TPSA) is 76.1 Å². The van der Waals surface area contributed by atoms with Crippen molar-refractivity contribution in [3.05, 3.63) is 99.6 Å². The summed E-state index contributed by atoms with van der Waals surface area (Å²) >= 11 is 6.16. The minimum Gasteiger partial charge on any atom is -0.507 e. The number of para-hydroxylation sites is 1. The van der Waals surface area contributed by atoms with Crippen molar-refractivity contribution in [3.63, 3.8) is 0 Å². The normalized spacial score (nSPS) is 17.2. The Bertz CT molecular complexity index is 1390. The van der Waals surface area contributed by atoms with Crippen molar-refractivity contribution >= 4 is 29.1 Å². The highest BCUT2D eigenvalue weighted by molar-refractivity contribution is 6.46. The third kappa shape index (κ3) is 5.49. The van der Waals surface area contributed by atoms with E-state index in [0.717, 1.165) is 16.7 Å². The number of likely N-dealkylation sites (tertiary alicyclic amines) is 1. The maximum absolute atomic E-state index is 13.4. The van der Waals surface area contributed by atoms with Crippen LogP contribution >= 0.6 is 11.6 Å². The molecule has 1 saturated heterocycles. The number of carbonyl (C=O) groups excluding carboxylic acids is 2. The van der Waals surface area contributed by atoms with Gasteiger partial charge in [-0.25, -0.2) is 0 Å². The van der Waals surface area contributed by atoms with Crippen LogP contribution < -0.4 is 9.47 Å². The smallest absolute Gasteiger partial charge is 0.295 e. The third-order valence-corrected chi connectivity index (χ3v) is 6.36. The summed E-state index contributed by atoms with van der Waals surface area (Å²) in [6.45, 7) is 7.90. The first-order valence-electron chi connectivity index (χ1n) is 12.0. The van der Waals surface area contributed by atoms with Gasteiger partial charge in [0.15, 0.2) is 0 Å². The highest BCUT2D eigenvalue weighted by Crippen LogP contribution is 2.42. The third-order valence-electron chi connectivity index (χ3n) is 6.05. The summed E-state index contributed by atoms with van der Waals surface area (Å²) in [6, 6.07) is 18.9. The Balaban J connectivity index is 1.86. The number of hydrogen-bond donors (Lipinski definition) is 1. The summed E-state index contributed by atoms with van der Waals surface area (Å²) in [6.07, 6.45) is 0. The van der Waals surface area contributed by atoms with Crippen LogP contribution in [0.2, 0.25) is 5.02 Å². The van der Waals surface area contributed by atoms with E-state index in [1.54, 1.807) is 18.2 Å². The van der Waals surface area contributed by atoms with Gasteiger partial charge in [-0.3, -0.25) is 9.59 Å². The number of benzene rings is 3. The molecule has 4 rings (SSSR count). The van der Waals surface area contributed by atoms with Gasteiger partial charge in [0, 0.05) is 11.1 Å². The molecule has 1 N–H and O–H groups in total. The summed E-state index contributed by atoms with van der Waals surface area (Å²) in [5, 5.41) is 11.7. The fourth-order valence-electron chi connectivity index (χ4n) is 4.44. The lowest BCUT2D eigenvalue weighted by Gasteiger charge is -2.28. The van der Waals surface area contributed by atoms with E-state index >= 15 is 0 Å². The van der Waals surface area contributed by atoms with Crippen LogP contribution in [0, 0.1) is 6.92 Å². The molecule has 0 spiro atoms. The molecule has 37 heavy (non-hydrogen) atoms. The highest BCUT2D eigenvalue weighted by Gasteiger charge is 2.46. The molecule has 3 aromatic carbocycles. The van der Waals surface area contributed by atoms with Gasteiger partial charge in [-0.2, -0.15) is 0 Å². The molecule has 0 aliphatic carbocycles. The lowest BCUT2D eigenvalue weighted by Crippen LogP contribution is -2.30. The predicted octanol–water partition coefficient (Wildman–Crippen LogP) is 6.46. The molecule has 3 aromatic rings. The number of ether oxygens (including phenoxy) is 2. The van der Waals surface area contributed by atoms with Crippen LogP contribution in [0.4, 0.5) is 0 Å². The molecule has 1 amide bonds. The quantitative estimate of drug-likeness (QED) is 0.230. The second kappa shape index (κ2) is 10.3. The molecule has 1 fully saturated rings. The summed E-state index contributed by atoms with van der Waals surface area (Å²) in [4.78, 5) is 28.4. The van der Waals surface area contributed by atoms with E-state index in [1.807, 2.05) is 76.2 Å². The molecule has 0 radical (unpaired) electrons. The second-order valence-corrected chi connectivity index (χ2v) is 10.4. The molecular formula is C30H30ClNO5. The van der Waals surface area contributed by atoms with E-state index in [2.05, 4.69) is 0 Å². The van der Waals surface area contributed by atoms with Crippen molar-refractivity contribution in [2.45, 2.75) is 45.9 Å². The fourth-order valence-corrected chi connectivity index (χ4v) is 4.63. The van der Waals surface area contributed by atoms with Gasteiger partial charge in [-0.15, -0.1) is 0 Å². The number of Topliss-reactive ketones (excluding diaryl/α,β-unsaturated/α-hetero) is 1. The number of methoxy groups -OCH3 is 1. The van der Waals surface area contributed by atoms with E-state index in [-0.39, 0.29) is 17.9 Å². The number of hydrogen-bond acceptors (Lipinski definition) is 5. The van der Waals surface area contributed by atoms with E-state index in [9.17, 15) is 14.7 Å². The van der Waals surface area contributed by atoms with Crippen LogP contribution in [-0.2, 0) is 16.1 Å². The van der Waals surface area contributed by atoms with Crippen LogP contribution in [-0.4, -0.2) is 34.4 Å². The average Bonchev–Trinajstić information content (AvgIpc) is 3.09. The number of aliphatic hydroxyl groups is 1. The van der Waals surface area contributed by atoms with Gasteiger partial charge in [0.25, 0.3) is 11.7 Å². The van der Waals surface area contributed by atoms with E-state index in [4.69, 9.17) is 21.1 Å². The zero-order chi connectivity index (χ0) is 26.9. The van der Waals surface area contributed by atoms with Crippen LogP contribution in [0.25, 0.3) is 5.76 Å². The maximum Gasteiger partial charge on any atom is 0.295 e. The molecule has 6 nitrogen and oxygen atoms in total. The minimum atomic E-state index is -0.802. The SMILES string of the molecule is COc1cc(/C(O)=C2/C(=O)C(=O)N(Cc3ccccc3OC(C)(C)C)C2c2cccc(C)c2)ccc1Cl. The summed E-state index contributed by atoms with van der Waals surface area (Å²) in [5.74, 6) is -0.768. The van der Waals surface area contributed by atoms with Crippen molar-refractivity contribution in [1.29, 1.82) is 0 Å². The van der Waals surface area contributed by atoms with Gasteiger partial charge in [0.1, 0.15) is 22.9 Å². The molecule has 1 aliphatic rings. The first-order valence-corrected chi connectivity index (χ1v) is 12.3. The molecule has 0 bridgehead atoms. The van der Waals surface area contributed by atoms with Crippen LogP contribution in [0.3, 0.4) is 0 Å². The molecule has 192 valence electrons. The lowest BCUT2D eigenvalue weighted by atomic mass is 9.94. The highest BCUT2D eigenvalue weighted by atomic mass is 35.5. The maximum atomic E-state index is 13.4. The minimum absolute atomic E-state index is 0.00852. The van der Waals surface area contributed by atoms with Crippen molar-refractivity contribution in [2.75, 3.05) is 7.11 Å². The lowest BCUT2D eigenvalue weighted by molar-refractivity contribution is -0.140. The zero-order valence-corrected chi connectivity index (χ0v) is 22.3. The number of halogens is 1. The molecule has 1 aliphatic heterocycles. The standard InChI is InChI=1S/C30H30ClNO5/c1-18-9-8-11-19(15-18)26-25(27(33)20-13-14-22(31)24(16-20)36-5)28(34)29(35)32(26)17-21-10-6-7-12-23(21)37-30(2,3)4/h6-16,26,33H,17H2,1-5H3/b27-25-. The first kappa shape index (κ1) is 26.3. The number of amides is 1.